The average molecular weight is 468 g/mol. The van der Waals surface area contributed by atoms with Crippen LogP contribution in [0.4, 0.5) is 4.79 Å². The zero-order valence-electron chi connectivity index (χ0n) is 20.1. The summed E-state index contributed by atoms with van der Waals surface area (Å²) >= 11 is 0. The summed E-state index contributed by atoms with van der Waals surface area (Å²) in [6.07, 6.45) is 3.20. The number of aromatic nitrogens is 1. The Balaban J connectivity index is 1.33. The molecular weight excluding hydrogens is 434 g/mol. The third kappa shape index (κ3) is 5.41. The third-order valence-corrected chi connectivity index (χ3v) is 7.16. The zero-order valence-corrected chi connectivity index (χ0v) is 20.1. The summed E-state index contributed by atoms with van der Waals surface area (Å²) in [5.74, 6) is 0.429. The summed E-state index contributed by atoms with van der Waals surface area (Å²) in [6.45, 7) is 3.59. The van der Waals surface area contributed by atoms with Crippen molar-refractivity contribution in [3.63, 3.8) is 0 Å². The molecule has 5 nitrogen and oxygen atoms in total. The van der Waals surface area contributed by atoms with Gasteiger partial charge in [0.2, 0.25) is 0 Å². The van der Waals surface area contributed by atoms with Crippen molar-refractivity contribution in [2.45, 2.75) is 44.4 Å². The molecule has 1 fully saturated rings. The summed E-state index contributed by atoms with van der Waals surface area (Å²) < 4.78 is 6.09. The van der Waals surface area contributed by atoms with Crippen molar-refractivity contribution in [2.24, 2.45) is 5.92 Å². The van der Waals surface area contributed by atoms with Gasteiger partial charge >= 0.3 is 6.09 Å². The van der Waals surface area contributed by atoms with Gasteiger partial charge in [0.1, 0.15) is 6.10 Å². The number of hydrogen-bond donors (Lipinski definition) is 3. The lowest BCUT2D eigenvalue weighted by atomic mass is 9.89. The highest BCUT2D eigenvalue weighted by Crippen LogP contribution is 2.42. The van der Waals surface area contributed by atoms with Gasteiger partial charge in [-0.15, -0.1) is 0 Å². The van der Waals surface area contributed by atoms with Gasteiger partial charge in [0, 0.05) is 30.2 Å². The molecule has 1 aliphatic carbocycles. The molecule has 3 aromatic carbocycles. The molecule has 5 heteroatoms. The van der Waals surface area contributed by atoms with E-state index < -0.39 is 0 Å². The van der Waals surface area contributed by atoms with Crippen molar-refractivity contribution < 1.29 is 9.53 Å². The topological polar surface area (TPSA) is 66.1 Å². The van der Waals surface area contributed by atoms with Crippen LogP contribution in [0.15, 0.2) is 91.1 Å². The first-order chi connectivity index (χ1) is 17.2. The predicted octanol–water partition coefficient (Wildman–Crippen LogP) is 5.79. The highest BCUT2D eigenvalue weighted by Gasteiger charge is 2.44. The molecular formula is C30H33N3O2. The second kappa shape index (κ2) is 10.8. The maximum atomic E-state index is 12.8. The normalized spacial score (nSPS) is 21.7. The zero-order chi connectivity index (χ0) is 24.0. The fourth-order valence-corrected chi connectivity index (χ4v) is 5.45. The summed E-state index contributed by atoms with van der Waals surface area (Å²) in [7, 11) is 0. The van der Waals surface area contributed by atoms with E-state index in [0.717, 1.165) is 30.5 Å². The fourth-order valence-electron chi connectivity index (χ4n) is 5.45. The number of para-hydroxylation sites is 1. The number of benzene rings is 3. The van der Waals surface area contributed by atoms with Crippen molar-refractivity contribution in [2.75, 3.05) is 6.54 Å². The molecule has 4 unspecified atom stereocenters. The first-order valence-electron chi connectivity index (χ1n) is 12.5. The van der Waals surface area contributed by atoms with Gasteiger partial charge < -0.3 is 20.4 Å². The Morgan fingerprint density at radius 2 is 1.69 bits per heavy atom. The van der Waals surface area contributed by atoms with Crippen molar-refractivity contribution in [1.82, 2.24) is 15.6 Å². The quantitative estimate of drug-likeness (QED) is 0.307. The average Bonchev–Trinajstić information content (AvgIpc) is 3.48. The van der Waals surface area contributed by atoms with Gasteiger partial charge in [-0.05, 0) is 53.4 Å². The maximum Gasteiger partial charge on any atom is 0.407 e. The van der Waals surface area contributed by atoms with Crippen molar-refractivity contribution in [3.05, 3.63) is 108 Å². The van der Waals surface area contributed by atoms with E-state index >= 15 is 0 Å². The molecule has 0 aliphatic heterocycles. The standard InChI is InChI=1S/C30H33N3O2/c1-21-19-26(35-30(34)33-20-23-11-6-3-7-12-23)27(25-14-8-13-24-16-18-32-29(24)25)28(21)31-17-15-22-9-4-2-5-10-22/h2-14,16,18,21,26-28,31-32H,15,17,19-20H2,1H3,(H,33,34). The number of H-pyrrole nitrogens is 1. The van der Waals surface area contributed by atoms with E-state index in [4.69, 9.17) is 4.74 Å². The van der Waals surface area contributed by atoms with E-state index in [0.29, 0.717) is 12.5 Å². The first kappa shape index (κ1) is 23.2. The molecule has 1 saturated carbocycles. The van der Waals surface area contributed by atoms with Crippen LogP contribution < -0.4 is 10.6 Å². The van der Waals surface area contributed by atoms with Crippen molar-refractivity contribution in [1.29, 1.82) is 0 Å². The largest absolute Gasteiger partial charge is 0.446 e. The fraction of sp³-hybridized carbons (Fsp3) is 0.300. The van der Waals surface area contributed by atoms with Crippen LogP contribution in [0.3, 0.4) is 0 Å². The molecule has 35 heavy (non-hydrogen) atoms. The Hall–Kier alpha value is -3.57. The number of amides is 1. The van der Waals surface area contributed by atoms with Gasteiger partial charge in [-0.2, -0.15) is 0 Å². The minimum atomic E-state index is -0.361. The van der Waals surface area contributed by atoms with Crippen LogP contribution in [0.1, 0.15) is 36.0 Å². The molecule has 0 bridgehead atoms. The molecule has 1 amide bonds. The number of alkyl carbamates (subject to hydrolysis) is 1. The molecule has 0 spiro atoms. The van der Waals surface area contributed by atoms with Crippen LogP contribution in [0.5, 0.6) is 0 Å². The minimum absolute atomic E-state index is 0.0607. The molecule has 1 aliphatic rings. The monoisotopic (exact) mass is 467 g/mol. The second-order valence-corrected chi connectivity index (χ2v) is 9.53. The van der Waals surface area contributed by atoms with E-state index in [2.05, 4.69) is 71.1 Å². The Bertz CT molecular complexity index is 1240. The number of ether oxygens (including phenoxy) is 1. The van der Waals surface area contributed by atoms with E-state index in [9.17, 15) is 4.79 Å². The van der Waals surface area contributed by atoms with Crippen LogP contribution in [0.25, 0.3) is 10.9 Å². The maximum absolute atomic E-state index is 12.8. The van der Waals surface area contributed by atoms with Gasteiger partial charge in [-0.1, -0.05) is 85.8 Å². The highest BCUT2D eigenvalue weighted by molar-refractivity contribution is 5.83. The van der Waals surface area contributed by atoms with Crippen LogP contribution in [0.2, 0.25) is 0 Å². The molecule has 5 rings (SSSR count). The molecule has 4 atom stereocenters. The van der Waals surface area contributed by atoms with E-state index in [1.54, 1.807) is 0 Å². The van der Waals surface area contributed by atoms with Crippen LogP contribution >= 0.6 is 0 Å². The highest BCUT2D eigenvalue weighted by atomic mass is 16.6. The number of carbonyl (C=O) groups is 1. The molecule has 1 heterocycles. The third-order valence-electron chi connectivity index (χ3n) is 7.16. The SMILES string of the molecule is CC1CC(OC(=O)NCc2ccccc2)C(c2cccc3cc[nH]c23)C1NCCc1ccccc1. The summed E-state index contributed by atoms with van der Waals surface area (Å²) in [4.78, 5) is 16.2. The molecule has 3 N–H and O–H groups in total. The molecule has 0 saturated heterocycles. The molecule has 180 valence electrons. The minimum Gasteiger partial charge on any atom is -0.446 e. The van der Waals surface area contributed by atoms with Gasteiger partial charge in [0.25, 0.3) is 0 Å². The first-order valence-corrected chi connectivity index (χ1v) is 12.5. The van der Waals surface area contributed by atoms with E-state index in [1.807, 2.05) is 42.6 Å². The Morgan fingerprint density at radius 3 is 2.46 bits per heavy atom. The number of hydrogen-bond acceptors (Lipinski definition) is 3. The van der Waals surface area contributed by atoms with Crippen molar-refractivity contribution >= 4 is 17.0 Å². The number of aromatic amines is 1. The van der Waals surface area contributed by atoms with Gasteiger partial charge in [-0.3, -0.25) is 0 Å². The Morgan fingerprint density at radius 1 is 0.943 bits per heavy atom. The summed E-state index contributed by atoms with van der Waals surface area (Å²) in [5.41, 5.74) is 4.70. The Labute approximate surface area is 206 Å². The lowest BCUT2D eigenvalue weighted by Crippen LogP contribution is -2.39. The van der Waals surface area contributed by atoms with Gasteiger partial charge in [0.15, 0.2) is 0 Å². The lowest BCUT2D eigenvalue weighted by molar-refractivity contribution is 0.0884. The second-order valence-electron chi connectivity index (χ2n) is 9.53. The van der Waals surface area contributed by atoms with Crippen LogP contribution in [0, 0.1) is 5.92 Å². The van der Waals surface area contributed by atoms with E-state index in [-0.39, 0.29) is 24.2 Å². The van der Waals surface area contributed by atoms with E-state index in [1.165, 1.54) is 16.5 Å². The number of nitrogens with one attached hydrogen (secondary N) is 3. The number of rotatable bonds is 8. The summed E-state index contributed by atoms with van der Waals surface area (Å²) in [6, 6.07) is 29.2. The molecule has 4 aromatic rings. The van der Waals surface area contributed by atoms with Gasteiger partial charge in [0.05, 0.1) is 0 Å². The lowest BCUT2D eigenvalue weighted by Gasteiger charge is -2.28. The van der Waals surface area contributed by atoms with Crippen LogP contribution in [-0.2, 0) is 17.7 Å². The van der Waals surface area contributed by atoms with Crippen LogP contribution in [-0.4, -0.2) is 29.8 Å². The number of fused-ring (bicyclic) bond motifs is 1. The van der Waals surface area contributed by atoms with Crippen molar-refractivity contribution in [3.8, 4) is 0 Å². The molecule has 0 radical (unpaired) electrons. The number of carbonyl (C=O) groups excluding carboxylic acids is 1. The molecule has 1 aromatic heterocycles. The Kier molecular flexibility index (Phi) is 7.15. The summed E-state index contributed by atoms with van der Waals surface area (Å²) in [5, 5.41) is 7.93. The smallest absolute Gasteiger partial charge is 0.407 e. The van der Waals surface area contributed by atoms with Gasteiger partial charge in [-0.25, -0.2) is 4.79 Å². The predicted molar refractivity (Wildman–Crippen MR) is 140 cm³/mol.